The first-order valence-corrected chi connectivity index (χ1v) is 15.1. The molecular weight excluding hydrogens is 548 g/mol. The van der Waals surface area contributed by atoms with Crippen molar-refractivity contribution in [2.75, 3.05) is 0 Å². The van der Waals surface area contributed by atoms with Gasteiger partial charge in [0.2, 0.25) is 0 Å². The number of aromatic nitrogens is 4. The minimum Gasteiger partial charge on any atom is -0.232 e. The van der Waals surface area contributed by atoms with E-state index in [2.05, 4.69) is 158 Å². The van der Waals surface area contributed by atoms with E-state index in [-0.39, 0.29) is 0 Å². The molecule has 3 aromatic heterocycles. The molecule has 0 atom stereocenters. The zero-order chi connectivity index (χ0) is 29.7. The van der Waals surface area contributed by atoms with Crippen LogP contribution >= 0.6 is 0 Å². The normalized spacial score (nSPS) is 11.6. The first-order chi connectivity index (χ1) is 22.2. The summed E-state index contributed by atoms with van der Waals surface area (Å²) < 4.78 is 2.03. The lowest BCUT2D eigenvalue weighted by Gasteiger charge is -2.11. The molecule has 0 aliphatic rings. The Morgan fingerprint density at radius 3 is 1.64 bits per heavy atom. The van der Waals surface area contributed by atoms with Crippen LogP contribution in [0.4, 0.5) is 0 Å². The van der Waals surface area contributed by atoms with Crippen LogP contribution in [0.5, 0.6) is 0 Å². The average molecular weight is 575 g/mol. The Hall–Kier alpha value is -6.13. The molecule has 4 heteroatoms. The molecule has 4 nitrogen and oxygen atoms in total. The van der Waals surface area contributed by atoms with Crippen LogP contribution in [-0.4, -0.2) is 19.6 Å². The van der Waals surface area contributed by atoms with Crippen molar-refractivity contribution in [1.82, 2.24) is 19.6 Å². The van der Waals surface area contributed by atoms with Crippen LogP contribution in [0.3, 0.4) is 0 Å². The maximum Gasteiger partial charge on any atom is 0.160 e. The summed E-state index contributed by atoms with van der Waals surface area (Å²) in [6.45, 7) is 0. The largest absolute Gasteiger partial charge is 0.232 e. The lowest BCUT2D eigenvalue weighted by atomic mass is 10.0. The molecule has 0 saturated carbocycles. The highest BCUT2D eigenvalue weighted by atomic mass is 15.2. The van der Waals surface area contributed by atoms with E-state index < -0.39 is 0 Å². The van der Waals surface area contributed by atoms with E-state index in [4.69, 9.17) is 15.1 Å². The fourth-order valence-electron chi connectivity index (χ4n) is 6.23. The van der Waals surface area contributed by atoms with Gasteiger partial charge >= 0.3 is 0 Å². The molecule has 9 rings (SSSR count). The van der Waals surface area contributed by atoms with Crippen molar-refractivity contribution in [3.05, 3.63) is 158 Å². The molecule has 0 spiro atoms. The number of rotatable bonds is 4. The predicted octanol–water partition coefficient (Wildman–Crippen LogP) is 10.3. The number of hydrogen-bond acceptors (Lipinski definition) is 3. The molecule has 9 aromatic rings. The van der Waals surface area contributed by atoms with Gasteiger partial charge in [0.1, 0.15) is 0 Å². The maximum absolute atomic E-state index is 5.15. The van der Waals surface area contributed by atoms with Gasteiger partial charge in [0.25, 0.3) is 0 Å². The monoisotopic (exact) mass is 574 g/mol. The van der Waals surface area contributed by atoms with Crippen molar-refractivity contribution in [1.29, 1.82) is 0 Å². The van der Waals surface area contributed by atoms with Crippen molar-refractivity contribution in [2.24, 2.45) is 0 Å². The molecule has 6 aromatic carbocycles. The second-order valence-corrected chi connectivity index (χ2v) is 11.4. The van der Waals surface area contributed by atoms with E-state index in [1.165, 1.54) is 16.2 Å². The zero-order valence-electron chi connectivity index (χ0n) is 24.3. The Morgan fingerprint density at radius 1 is 0.356 bits per heavy atom. The smallest absolute Gasteiger partial charge is 0.160 e. The van der Waals surface area contributed by atoms with E-state index >= 15 is 0 Å². The van der Waals surface area contributed by atoms with Gasteiger partial charge in [0.15, 0.2) is 5.82 Å². The van der Waals surface area contributed by atoms with Crippen LogP contribution in [0, 0.1) is 0 Å². The lowest BCUT2D eigenvalue weighted by Crippen LogP contribution is -1.96. The van der Waals surface area contributed by atoms with Crippen LogP contribution in [0.1, 0.15) is 0 Å². The third-order valence-electron chi connectivity index (χ3n) is 8.57. The molecule has 210 valence electrons. The number of para-hydroxylation sites is 1. The highest BCUT2D eigenvalue weighted by Gasteiger charge is 2.14. The molecule has 0 aliphatic carbocycles. The van der Waals surface area contributed by atoms with Crippen molar-refractivity contribution in [3.8, 4) is 45.2 Å². The summed E-state index contributed by atoms with van der Waals surface area (Å²) in [4.78, 5) is 10.3. The van der Waals surface area contributed by atoms with Crippen molar-refractivity contribution >= 4 is 38.0 Å². The maximum atomic E-state index is 5.15. The summed E-state index contributed by atoms with van der Waals surface area (Å²) in [5.41, 5.74) is 8.93. The van der Waals surface area contributed by atoms with Crippen LogP contribution in [0.2, 0.25) is 0 Å². The fraction of sp³-hybridized carbons (Fsp3) is 0. The Bertz CT molecular complexity index is 2460. The Kier molecular flexibility index (Phi) is 5.78. The quantitative estimate of drug-likeness (QED) is 0.210. The van der Waals surface area contributed by atoms with E-state index in [0.29, 0.717) is 5.82 Å². The minimum absolute atomic E-state index is 0.700. The summed E-state index contributed by atoms with van der Waals surface area (Å²) >= 11 is 0. The average Bonchev–Trinajstić information content (AvgIpc) is 3.56. The minimum atomic E-state index is 0.700. The van der Waals surface area contributed by atoms with Crippen LogP contribution in [0.25, 0.3) is 83.1 Å². The first-order valence-electron chi connectivity index (χ1n) is 15.1. The van der Waals surface area contributed by atoms with Gasteiger partial charge in [-0.2, -0.15) is 5.10 Å². The first kappa shape index (κ1) is 25.4. The molecule has 0 fully saturated rings. The number of fused-ring (bicyclic) bond motifs is 5. The second kappa shape index (κ2) is 10.2. The Labute approximate surface area is 259 Å². The topological polar surface area (TPSA) is 43.1 Å². The van der Waals surface area contributed by atoms with Gasteiger partial charge < -0.3 is 0 Å². The highest BCUT2D eigenvalue weighted by Crippen LogP contribution is 2.32. The van der Waals surface area contributed by atoms with Crippen LogP contribution in [0.15, 0.2) is 158 Å². The molecule has 0 bridgehead atoms. The van der Waals surface area contributed by atoms with E-state index in [1.807, 2.05) is 4.52 Å². The summed E-state index contributed by atoms with van der Waals surface area (Å²) in [5.74, 6) is 0.700. The number of nitrogens with zero attached hydrogens (tertiary/aromatic N) is 4. The van der Waals surface area contributed by atoms with Gasteiger partial charge in [-0.1, -0.05) is 115 Å². The van der Waals surface area contributed by atoms with Crippen molar-refractivity contribution < 1.29 is 0 Å². The predicted molar refractivity (Wildman–Crippen MR) is 185 cm³/mol. The van der Waals surface area contributed by atoms with Gasteiger partial charge in [-0.15, -0.1) is 0 Å². The zero-order valence-corrected chi connectivity index (χ0v) is 24.3. The van der Waals surface area contributed by atoms with Gasteiger partial charge in [0.05, 0.1) is 28.1 Å². The number of benzene rings is 6. The highest BCUT2D eigenvalue weighted by molar-refractivity contribution is 5.89. The van der Waals surface area contributed by atoms with Gasteiger partial charge in [-0.25, -0.2) is 14.5 Å². The fourth-order valence-corrected chi connectivity index (χ4v) is 6.23. The molecular formula is C41H26N4. The summed E-state index contributed by atoms with van der Waals surface area (Å²) in [5, 5.41) is 10.9. The summed E-state index contributed by atoms with van der Waals surface area (Å²) in [6, 6.07) is 55.1. The molecule has 0 radical (unpaired) electrons. The molecule has 0 N–H and O–H groups in total. The van der Waals surface area contributed by atoms with Gasteiger partial charge in [-0.05, 0) is 64.0 Å². The summed E-state index contributed by atoms with van der Waals surface area (Å²) in [7, 11) is 0. The number of hydrogen-bond donors (Lipinski definition) is 0. The summed E-state index contributed by atoms with van der Waals surface area (Å²) in [6.07, 6.45) is 0. The van der Waals surface area contributed by atoms with Gasteiger partial charge in [0, 0.05) is 27.6 Å². The Morgan fingerprint density at radius 2 is 0.911 bits per heavy atom. The van der Waals surface area contributed by atoms with E-state index in [9.17, 15) is 0 Å². The standard InChI is InChI=1S/C41H26N4/c1-3-11-30-22-34(18-16-27(30)8-1)38-26-37(42-41(43-38)35-19-17-28-9-2-4-12-31(28)23-35)32-13-7-14-33(24-32)39-25-36-21-20-29-10-5-6-15-40(29)45(36)44-39/h1-26H. The lowest BCUT2D eigenvalue weighted by molar-refractivity contribution is 1.01. The third-order valence-corrected chi connectivity index (χ3v) is 8.57. The molecule has 45 heavy (non-hydrogen) atoms. The molecule has 0 saturated heterocycles. The van der Waals surface area contributed by atoms with Gasteiger partial charge in [-0.3, -0.25) is 0 Å². The molecule has 0 unspecified atom stereocenters. The van der Waals surface area contributed by atoms with Crippen LogP contribution in [-0.2, 0) is 0 Å². The van der Waals surface area contributed by atoms with Crippen molar-refractivity contribution in [2.45, 2.75) is 0 Å². The van der Waals surface area contributed by atoms with Crippen molar-refractivity contribution in [3.63, 3.8) is 0 Å². The third kappa shape index (κ3) is 4.52. The number of pyridine rings is 1. The molecule has 3 heterocycles. The molecule has 0 aliphatic heterocycles. The second-order valence-electron chi connectivity index (χ2n) is 11.4. The Balaban J connectivity index is 1.20. The SMILES string of the molecule is c1cc(-c2cc(-c3ccc4ccccc4c3)nc(-c3ccc4ccccc4c3)n2)cc(-c2cc3ccc4ccccc4n3n2)c1. The van der Waals surface area contributed by atoms with E-state index in [0.717, 1.165) is 61.1 Å². The molecule has 0 amide bonds. The van der Waals surface area contributed by atoms with E-state index in [1.54, 1.807) is 0 Å². The van der Waals surface area contributed by atoms with Crippen LogP contribution < -0.4 is 0 Å².